The maximum Gasteiger partial charge on any atom is 0.258 e. The Kier molecular flexibility index (Phi) is 6.74. The molecule has 0 bridgehead atoms. The number of carbonyl (C=O) groups excluding carboxylic acids is 1. The van der Waals surface area contributed by atoms with E-state index in [4.69, 9.17) is 4.74 Å². The summed E-state index contributed by atoms with van der Waals surface area (Å²) in [6.07, 6.45) is 10.5. The van der Waals surface area contributed by atoms with Gasteiger partial charge in [0, 0.05) is 24.2 Å². The normalized spacial score (nSPS) is 19.4. The smallest absolute Gasteiger partial charge is 0.258 e. The van der Waals surface area contributed by atoms with Crippen LogP contribution in [0.15, 0.2) is 24.3 Å². The SMILES string of the molecule is CC(CC1CCCCC1)NCc1ccccc1OCC(=O)NC1CC1. The van der Waals surface area contributed by atoms with Gasteiger partial charge in [0.05, 0.1) is 0 Å². The standard InChI is InChI=1S/C21H32N2O2/c1-16(13-17-7-3-2-4-8-17)22-14-18-9-5-6-10-20(18)25-15-21(24)23-19-11-12-19/h5-6,9-10,16-17,19,22H,2-4,7-8,11-15H2,1H3,(H,23,24). The third kappa shape index (κ3) is 6.35. The molecule has 0 radical (unpaired) electrons. The van der Waals surface area contributed by atoms with Crippen molar-refractivity contribution in [2.24, 2.45) is 5.92 Å². The van der Waals surface area contributed by atoms with Crippen molar-refractivity contribution in [3.05, 3.63) is 29.8 Å². The second kappa shape index (κ2) is 9.23. The number of hydrogen-bond donors (Lipinski definition) is 2. The van der Waals surface area contributed by atoms with Gasteiger partial charge in [0.2, 0.25) is 0 Å². The fourth-order valence-electron chi connectivity index (χ4n) is 3.72. The first-order chi connectivity index (χ1) is 12.2. The molecule has 1 amide bonds. The molecule has 4 heteroatoms. The molecule has 3 rings (SSSR count). The summed E-state index contributed by atoms with van der Waals surface area (Å²) in [5, 5.41) is 6.60. The number of benzene rings is 1. The highest BCUT2D eigenvalue weighted by atomic mass is 16.5. The van der Waals surface area contributed by atoms with E-state index in [9.17, 15) is 4.79 Å². The predicted molar refractivity (Wildman–Crippen MR) is 101 cm³/mol. The number of amides is 1. The summed E-state index contributed by atoms with van der Waals surface area (Å²) in [5.41, 5.74) is 1.12. The van der Waals surface area contributed by atoms with E-state index in [0.717, 1.165) is 36.6 Å². The Bertz CT molecular complexity index is 551. The van der Waals surface area contributed by atoms with Crippen LogP contribution in [0, 0.1) is 5.92 Å². The summed E-state index contributed by atoms with van der Waals surface area (Å²) in [5.74, 6) is 1.68. The Balaban J connectivity index is 1.43. The van der Waals surface area contributed by atoms with Gasteiger partial charge in [-0.1, -0.05) is 50.3 Å². The monoisotopic (exact) mass is 344 g/mol. The van der Waals surface area contributed by atoms with Crippen LogP contribution in [0.25, 0.3) is 0 Å². The van der Waals surface area contributed by atoms with Crippen LogP contribution < -0.4 is 15.4 Å². The number of hydrogen-bond acceptors (Lipinski definition) is 3. The molecule has 0 aromatic heterocycles. The number of nitrogens with one attached hydrogen (secondary N) is 2. The average molecular weight is 344 g/mol. The molecule has 1 unspecified atom stereocenters. The van der Waals surface area contributed by atoms with E-state index in [1.54, 1.807) is 0 Å². The maximum absolute atomic E-state index is 11.8. The summed E-state index contributed by atoms with van der Waals surface area (Å²) in [4.78, 5) is 11.8. The Hall–Kier alpha value is -1.55. The predicted octanol–water partition coefficient (Wildman–Crippen LogP) is 3.79. The van der Waals surface area contributed by atoms with E-state index in [1.807, 2.05) is 18.2 Å². The molecule has 2 saturated carbocycles. The van der Waals surface area contributed by atoms with E-state index < -0.39 is 0 Å². The Labute approximate surface area is 151 Å². The molecule has 0 heterocycles. The molecule has 0 spiro atoms. The molecule has 2 N–H and O–H groups in total. The molecule has 2 fully saturated rings. The number of carbonyl (C=O) groups is 1. The van der Waals surface area contributed by atoms with Crippen molar-refractivity contribution in [3.8, 4) is 5.75 Å². The Morgan fingerprint density at radius 1 is 1.16 bits per heavy atom. The first-order valence-electron chi connectivity index (χ1n) is 9.94. The molecule has 1 aromatic rings. The van der Waals surface area contributed by atoms with Gasteiger partial charge in [-0.3, -0.25) is 4.79 Å². The van der Waals surface area contributed by atoms with E-state index in [-0.39, 0.29) is 12.5 Å². The van der Waals surface area contributed by atoms with Crippen molar-refractivity contribution in [2.45, 2.75) is 76.9 Å². The quantitative estimate of drug-likeness (QED) is 0.716. The van der Waals surface area contributed by atoms with Gasteiger partial charge in [-0.05, 0) is 38.2 Å². The minimum atomic E-state index is -0.0177. The fourth-order valence-corrected chi connectivity index (χ4v) is 3.72. The lowest BCUT2D eigenvalue weighted by Gasteiger charge is -2.25. The molecule has 2 aliphatic rings. The largest absolute Gasteiger partial charge is 0.483 e. The van der Waals surface area contributed by atoms with Gasteiger partial charge in [-0.2, -0.15) is 0 Å². The van der Waals surface area contributed by atoms with Crippen LogP contribution in [0.2, 0.25) is 0 Å². The van der Waals surface area contributed by atoms with Crippen molar-refractivity contribution in [2.75, 3.05) is 6.61 Å². The summed E-state index contributed by atoms with van der Waals surface area (Å²) in [6.45, 7) is 3.17. The minimum Gasteiger partial charge on any atom is -0.483 e. The zero-order valence-corrected chi connectivity index (χ0v) is 15.4. The third-order valence-electron chi connectivity index (χ3n) is 5.33. The summed E-state index contributed by atoms with van der Waals surface area (Å²) in [7, 11) is 0. The van der Waals surface area contributed by atoms with E-state index in [0.29, 0.717) is 12.1 Å². The van der Waals surface area contributed by atoms with Crippen LogP contribution >= 0.6 is 0 Å². The molecule has 0 aliphatic heterocycles. The minimum absolute atomic E-state index is 0.0177. The highest BCUT2D eigenvalue weighted by Crippen LogP contribution is 2.27. The third-order valence-corrected chi connectivity index (χ3v) is 5.33. The number of para-hydroxylation sites is 1. The number of rotatable bonds is 9. The van der Waals surface area contributed by atoms with Crippen molar-refractivity contribution in [1.82, 2.24) is 10.6 Å². The van der Waals surface area contributed by atoms with E-state index in [1.165, 1.54) is 38.5 Å². The van der Waals surface area contributed by atoms with Gasteiger partial charge in [-0.15, -0.1) is 0 Å². The van der Waals surface area contributed by atoms with Crippen molar-refractivity contribution >= 4 is 5.91 Å². The molecule has 25 heavy (non-hydrogen) atoms. The molecule has 138 valence electrons. The van der Waals surface area contributed by atoms with Gasteiger partial charge in [-0.25, -0.2) is 0 Å². The molecule has 1 aromatic carbocycles. The van der Waals surface area contributed by atoms with Gasteiger partial charge in [0.15, 0.2) is 6.61 Å². The van der Waals surface area contributed by atoms with E-state index in [2.05, 4.69) is 23.6 Å². The second-order valence-corrected chi connectivity index (χ2v) is 7.76. The Morgan fingerprint density at radius 3 is 2.68 bits per heavy atom. The van der Waals surface area contributed by atoms with Gasteiger partial charge < -0.3 is 15.4 Å². The summed E-state index contributed by atoms with van der Waals surface area (Å²) < 4.78 is 5.76. The zero-order chi connectivity index (χ0) is 17.5. The first kappa shape index (κ1) is 18.2. The van der Waals surface area contributed by atoms with Crippen molar-refractivity contribution < 1.29 is 9.53 Å². The van der Waals surface area contributed by atoms with Gasteiger partial charge in [0.25, 0.3) is 5.91 Å². The lowest BCUT2D eigenvalue weighted by atomic mass is 9.85. The van der Waals surface area contributed by atoms with Crippen LogP contribution in [0.1, 0.15) is 63.9 Å². The highest BCUT2D eigenvalue weighted by Gasteiger charge is 2.23. The highest BCUT2D eigenvalue weighted by molar-refractivity contribution is 5.78. The second-order valence-electron chi connectivity index (χ2n) is 7.76. The van der Waals surface area contributed by atoms with Crippen LogP contribution in [-0.4, -0.2) is 24.6 Å². The Morgan fingerprint density at radius 2 is 1.92 bits per heavy atom. The maximum atomic E-state index is 11.8. The van der Waals surface area contributed by atoms with Crippen LogP contribution in [0.4, 0.5) is 0 Å². The van der Waals surface area contributed by atoms with Crippen LogP contribution in [-0.2, 0) is 11.3 Å². The fraction of sp³-hybridized carbons (Fsp3) is 0.667. The lowest BCUT2D eigenvalue weighted by Crippen LogP contribution is -2.31. The zero-order valence-electron chi connectivity index (χ0n) is 15.4. The molecular formula is C21H32N2O2. The van der Waals surface area contributed by atoms with Gasteiger partial charge >= 0.3 is 0 Å². The molecule has 0 saturated heterocycles. The van der Waals surface area contributed by atoms with Crippen molar-refractivity contribution in [1.29, 1.82) is 0 Å². The summed E-state index contributed by atoms with van der Waals surface area (Å²) in [6, 6.07) is 8.91. The molecule has 1 atom stereocenters. The summed E-state index contributed by atoms with van der Waals surface area (Å²) >= 11 is 0. The molecule has 2 aliphatic carbocycles. The molecule has 4 nitrogen and oxygen atoms in total. The van der Waals surface area contributed by atoms with Crippen LogP contribution in [0.5, 0.6) is 5.75 Å². The average Bonchev–Trinajstić information content (AvgIpc) is 3.43. The first-order valence-corrected chi connectivity index (χ1v) is 9.94. The lowest BCUT2D eigenvalue weighted by molar-refractivity contribution is -0.123. The van der Waals surface area contributed by atoms with Crippen molar-refractivity contribution in [3.63, 3.8) is 0 Å². The van der Waals surface area contributed by atoms with E-state index >= 15 is 0 Å². The van der Waals surface area contributed by atoms with Gasteiger partial charge in [0.1, 0.15) is 5.75 Å². The molecular weight excluding hydrogens is 312 g/mol. The van der Waals surface area contributed by atoms with Crippen LogP contribution in [0.3, 0.4) is 0 Å². The topological polar surface area (TPSA) is 50.4 Å². The number of ether oxygens (including phenoxy) is 1.